The van der Waals surface area contributed by atoms with Gasteiger partial charge in [-0.25, -0.2) is 0 Å². The second kappa shape index (κ2) is 6.04. The smallest absolute Gasteiger partial charge is 0.0474 e. The molecule has 2 rings (SSSR count). The van der Waals surface area contributed by atoms with E-state index in [1.807, 2.05) is 0 Å². The van der Waals surface area contributed by atoms with Crippen molar-refractivity contribution in [2.24, 2.45) is 0 Å². The third-order valence-electron chi connectivity index (χ3n) is 2.38. The van der Waals surface area contributed by atoms with Crippen LogP contribution in [0, 0.1) is 0 Å². The minimum absolute atomic E-state index is 0.582. The maximum absolute atomic E-state index is 5.80. The summed E-state index contributed by atoms with van der Waals surface area (Å²) in [5.41, 5.74) is 3.81. The average molecular weight is 252 g/mol. The summed E-state index contributed by atoms with van der Waals surface area (Å²) in [5, 5.41) is 7.69. The first kappa shape index (κ1) is 11.6. The van der Waals surface area contributed by atoms with E-state index in [1.165, 1.54) is 16.7 Å². The Labute approximate surface area is 105 Å². The van der Waals surface area contributed by atoms with Crippen LogP contribution < -0.4 is 5.32 Å². The molecular weight excluding hydrogens is 238 g/mol. The van der Waals surface area contributed by atoms with Gasteiger partial charge in [0.2, 0.25) is 0 Å². The van der Waals surface area contributed by atoms with Crippen LogP contribution in [0.4, 0.5) is 0 Å². The maximum Gasteiger partial charge on any atom is 0.0474 e. The van der Waals surface area contributed by atoms with Gasteiger partial charge in [-0.1, -0.05) is 24.3 Å². The predicted octanol–water partition coefficient (Wildman–Crippen LogP) is 3.78. The summed E-state index contributed by atoms with van der Waals surface area (Å²) in [5.74, 6) is 0.582. The quantitative estimate of drug-likeness (QED) is 0.798. The average Bonchev–Trinajstić information content (AvgIpc) is 2.82. The number of hydrogen-bond acceptors (Lipinski definition) is 2. The summed E-state index contributed by atoms with van der Waals surface area (Å²) in [6.07, 6.45) is 0. The van der Waals surface area contributed by atoms with Gasteiger partial charge in [-0.05, 0) is 33.5 Å². The number of rotatable bonds is 5. The normalized spacial score (nSPS) is 10.6. The topological polar surface area (TPSA) is 12.0 Å². The van der Waals surface area contributed by atoms with E-state index >= 15 is 0 Å². The van der Waals surface area contributed by atoms with Gasteiger partial charge in [-0.2, -0.15) is 11.3 Å². The highest BCUT2D eigenvalue weighted by Crippen LogP contribution is 2.09. The lowest BCUT2D eigenvalue weighted by atomic mass is 10.1. The van der Waals surface area contributed by atoms with Crippen LogP contribution in [-0.4, -0.2) is 0 Å². The fourth-order valence-electron chi connectivity index (χ4n) is 1.57. The molecule has 0 aliphatic rings. The molecule has 0 saturated heterocycles. The van der Waals surface area contributed by atoms with Gasteiger partial charge in [0.1, 0.15) is 0 Å². The Morgan fingerprint density at radius 1 is 1.06 bits per heavy atom. The van der Waals surface area contributed by atoms with Crippen LogP contribution in [0.2, 0.25) is 0 Å². The lowest BCUT2D eigenvalue weighted by Crippen LogP contribution is -2.12. The van der Waals surface area contributed by atoms with E-state index in [4.69, 9.17) is 11.6 Å². The summed E-state index contributed by atoms with van der Waals surface area (Å²) < 4.78 is 0. The number of halogens is 1. The molecule has 1 nitrogen and oxygen atoms in total. The molecule has 0 spiro atoms. The standard InChI is InChI=1S/C13H14ClNS/c14-7-11-2-1-3-12(6-11)8-15-9-13-4-5-16-10-13/h1-6,10,15H,7-9H2. The van der Waals surface area contributed by atoms with Crippen molar-refractivity contribution in [3.63, 3.8) is 0 Å². The zero-order valence-electron chi connectivity index (χ0n) is 8.95. The maximum atomic E-state index is 5.80. The molecule has 3 heteroatoms. The fraction of sp³-hybridized carbons (Fsp3) is 0.231. The van der Waals surface area contributed by atoms with Crippen LogP contribution in [0.3, 0.4) is 0 Å². The molecule has 1 heterocycles. The lowest BCUT2D eigenvalue weighted by molar-refractivity contribution is 0.694. The minimum atomic E-state index is 0.582. The Morgan fingerprint density at radius 3 is 2.62 bits per heavy atom. The Bertz CT molecular complexity index is 425. The summed E-state index contributed by atoms with van der Waals surface area (Å²) in [7, 11) is 0. The Morgan fingerprint density at radius 2 is 1.88 bits per heavy atom. The van der Waals surface area contributed by atoms with Gasteiger partial charge >= 0.3 is 0 Å². The molecule has 0 fully saturated rings. The third kappa shape index (κ3) is 3.34. The third-order valence-corrected chi connectivity index (χ3v) is 3.42. The molecule has 0 bridgehead atoms. The fourth-order valence-corrected chi connectivity index (χ4v) is 2.40. The van der Waals surface area contributed by atoms with E-state index in [0.29, 0.717) is 5.88 Å². The number of alkyl halides is 1. The highest BCUT2D eigenvalue weighted by Gasteiger charge is 1.96. The van der Waals surface area contributed by atoms with Crippen LogP contribution in [0.1, 0.15) is 16.7 Å². The molecule has 0 saturated carbocycles. The van der Waals surface area contributed by atoms with E-state index in [-0.39, 0.29) is 0 Å². The summed E-state index contributed by atoms with van der Waals surface area (Å²) in [6.45, 7) is 1.81. The van der Waals surface area contributed by atoms with Gasteiger partial charge in [0, 0.05) is 19.0 Å². The first-order valence-corrected chi connectivity index (χ1v) is 6.72. The zero-order valence-corrected chi connectivity index (χ0v) is 10.5. The van der Waals surface area contributed by atoms with Gasteiger partial charge in [-0.3, -0.25) is 0 Å². The monoisotopic (exact) mass is 251 g/mol. The molecule has 1 N–H and O–H groups in total. The first-order chi connectivity index (χ1) is 7.88. The summed E-state index contributed by atoms with van der Waals surface area (Å²) >= 11 is 7.53. The van der Waals surface area contributed by atoms with Crippen molar-refractivity contribution >= 4 is 22.9 Å². The summed E-state index contributed by atoms with van der Waals surface area (Å²) in [6, 6.07) is 10.5. The lowest BCUT2D eigenvalue weighted by Gasteiger charge is -2.05. The molecule has 0 radical (unpaired) electrons. The van der Waals surface area contributed by atoms with Crippen molar-refractivity contribution in [2.75, 3.05) is 0 Å². The summed E-state index contributed by atoms with van der Waals surface area (Å²) in [4.78, 5) is 0. The van der Waals surface area contributed by atoms with Crippen molar-refractivity contribution in [2.45, 2.75) is 19.0 Å². The van der Waals surface area contributed by atoms with E-state index < -0.39 is 0 Å². The Balaban J connectivity index is 1.85. The molecular formula is C13H14ClNS. The SMILES string of the molecule is ClCc1cccc(CNCc2ccsc2)c1. The van der Waals surface area contributed by atoms with Crippen molar-refractivity contribution in [1.29, 1.82) is 0 Å². The number of hydrogen-bond donors (Lipinski definition) is 1. The number of benzene rings is 1. The molecule has 0 amide bonds. The first-order valence-electron chi connectivity index (χ1n) is 5.24. The van der Waals surface area contributed by atoms with Crippen LogP contribution in [-0.2, 0) is 19.0 Å². The molecule has 16 heavy (non-hydrogen) atoms. The second-order valence-corrected chi connectivity index (χ2v) is 4.74. The van der Waals surface area contributed by atoms with Crippen molar-refractivity contribution < 1.29 is 0 Å². The molecule has 1 aromatic carbocycles. The van der Waals surface area contributed by atoms with Crippen molar-refractivity contribution in [3.05, 3.63) is 57.8 Å². The Kier molecular flexibility index (Phi) is 4.40. The van der Waals surface area contributed by atoms with E-state index in [1.54, 1.807) is 11.3 Å². The highest BCUT2D eigenvalue weighted by molar-refractivity contribution is 7.07. The van der Waals surface area contributed by atoms with Crippen molar-refractivity contribution in [1.82, 2.24) is 5.32 Å². The second-order valence-electron chi connectivity index (χ2n) is 3.69. The number of nitrogens with one attached hydrogen (secondary N) is 1. The van der Waals surface area contributed by atoms with Crippen LogP contribution in [0.15, 0.2) is 41.1 Å². The zero-order chi connectivity index (χ0) is 11.2. The molecule has 0 aliphatic heterocycles. The van der Waals surface area contributed by atoms with Gasteiger partial charge < -0.3 is 5.32 Å². The molecule has 0 atom stereocenters. The predicted molar refractivity (Wildman–Crippen MR) is 70.9 cm³/mol. The number of thiophene rings is 1. The van der Waals surface area contributed by atoms with Gasteiger partial charge in [0.25, 0.3) is 0 Å². The molecule has 2 aromatic rings. The highest BCUT2D eigenvalue weighted by atomic mass is 35.5. The van der Waals surface area contributed by atoms with Gasteiger partial charge in [0.15, 0.2) is 0 Å². The molecule has 0 unspecified atom stereocenters. The minimum Gasteiger partial charge on any atom is -0.309 e. The molecule has 84 valence electrons. The van der Waals surface area contributed by atoms with Crippen LogP contribution in [0.25, 0.3) is 0 Å². The van der Waals surface area contributed by atoms with Gasteiger partial charge in [-0.15, -0.1) is 11.6 Å². The molecule has 1 aromatic heterocycles. The van der Waals surface area contributed by atoms with Crippen molar-refractivity contribution in [3.8, 4) is 0 Å². The van der Waals surface area contributed by atoms with E-state index in [9.17, 15) is 0 Å². The van der Waals surface area contributed by atoms with E-state index in [0.717, 1.165) is 13.1 Å². The Hall–Kier alpha value is -0.830. The van der Waals surface area contributed by atoms with Crippen LogP contribution >= 0.6 is 22.9 Å². The molecule has 0 aliphatic carbocycles. The van der Waals surface area contributed by atoms with Crippen LogP contribution in [0.5, 0.6) is 0 Å². The van der Waals surface area contributed by atoms with E-state index in [2.05, 4.69) is 46.4 Å². The van der Waals surface area contributed by atoms with Gasteiger partial charge in [0.05, 0.1) is 0 Å². The largest absolute Gasteiger partial charge is 0.309 e.